The van der Waals surface area contributed by atoms with E-state index in [0.717, 1.165) is 71.6 Å². The number of methoxy groups -OCH3 is 1. The van der Waals surface area contributed by atoms with Crippen LogP contribution in [0.25, 0.3) is 10.9 Å². The van der Waals surface area contributed by atoms with Crippen molar-refractivity contribution in [1.29, 1.82) is 0 Å². The fraction of sp³-hybridized carbons (Fsp3) is 0.333. The summed E-state index contributed by atoms with van der Waals surface area (Å²) in [6.07, 6.45) is 4.95. The number of hydrogen-bond acceptors (Lipinski definition) is 3. The van der Waals surface area contributed by atoms with Crippen molar-refractivity contribution in [2.75, 3.05) is 13.7 Å². The summed E-state index contributed by atoms with van der Waals surface area (Å²) >= 11 is 0. The van der Waals surface area contributed by atoms with Gasteiger partial charge in [0.25, 0.3) is 5.91 Å². The Balaban J connectivity index is 1.53. The van der Waals surface area contributed by atoms with E-state index >= 15 is 0 Å². The summed E-state index contributed by atoms with van der Waals surface area (Å²) in [5, 5.41) is 5.95. The van der Waals surface area contributed by atoms with Gasteiger partial charge in [-0.25, -0.2) is 0 Å². The van der Waals surface area contributed by atoms with E-state index in [9.17, 15) is 4.79 Å². The van der Waals surface area contributed by atoms with Crippen molar-refractivity contribution >= 4 is 16.8 Å². The number of nitrogens with one attached hydrogen (secondary N) is 1. The monoisotopic (exact) mass is 440 g/mol. The van der Waals surface area contributed by atoms with E-state index in [1.807, 2.05) is 36.2 Å². The molecule has 1 atom stereocenters. The number of aryl methyl sites for hydroxylation is 2. The number of aromatic amines is 1. The molecule has 0 saturated carbocycles. The van der Waals surface area contributed by atoms with Crippen molar-refractivity contribution in [3.63, 3.8) is 0 Å². The van der Waals surface area contributed by atoms with E-state index in [2.05, 4.69) is 29.2 Å². The van der Waals surface area contributed by atoms with Crippen LogP contribution in [0.1, 0.15) is 57.5 Å². The minimum atomic E-state index is -0.251. The first kappa shape index (κ1) is 20.1. The number of nitrogens with zero attached hydrogens (tertiary/aromatic N) is 3. The molecule has 1 aliphatic heterocycles. The summed E-state index contributed by atoms with van der Waals surface area (Å²) in [7, 11) is 3.60. The van der Waals surface area contributed by atoms with E-state index in [4.69, 9.17) is 9.84 Å². The van der Waals surface area contributed by atoms with Crippen LogP contribution in [0.2, 0.25) is 0 Å². The summed E-state index contributed by atoms with van der Waals surface area (Å²) < 4.78 is 7.56. The number of carbonyl (C=O) groups is 1. The maximum Gasteiger partial charge on any atom is 0.273 e. The molecule has 0 bridgehead atoms. The second kappa shape index (κ2) is 7.80. The van der Waals surface area contributed by atoms with E-state index in [0.29, 0.717) is 6.54 Å². The molecule has 0 spiro atoms. The number of benzene rings is 2. The number of rotatable bonds is 3. The average Bonchev–Trinajstić information content (AvgIpc) is 3.39. The fourth-order valence-corrected chi connectivity index (χ4v) is 5.76. The van der Waals surface area contributed by atoms with Gasteiger partial charge in [0.1, 0.15) is 17.5 Å². The minimum absolute atomic E-state index is 0.0494. The second-order valence-corrected chi connectivity index (χ2v) is 9.06. The molecule has 1 aliphatic carbocycles. The zero-order valence-electron chi connectivity index (χ0n) is 19.1. The molecule has 168 valence electrons. The molecule has 0 saturated heterocycles. The largest absolute Gasteiger partial charge is 0.496 e. The molecule has 0 fully saturated rings. The Bertz CT molecular complexity index is 1370. The highest BCUT2D eigenvalue weighted by Crippen LogP contribution is 2.42. The molecule has 0 radical (unpaired) electrons. The topological polar surface area (TPSA) is 63.1 Å². The number of aromatic nitrogens is 3. The molecule has 4 aromatic rings. The van der Waals surface area contributed by atoms with E-state index in [-0.39, 0.29) is 11.9 Å². The van der Waals surface area contributed by atoms with Gasteiger partial charge in [0.2, 0.25) is 0 Å². The number of para-hydroxylation sites is 2. The van der Waals surface area contributed by atoms with Gasteiger partial charge in [-0.2, -0.15) is 5.10 Å². The lowest BCUT2D eigenvalue weighted by Crippen LogP contribution is -2.41. The lowest BCUT2D eigenvalue weighted by atomic mass is 9.90. The van der Waals surface area contributed by atoms with E-state index in [1.54, 1.807) is 11.8 Å². The van der Waals surface area contributed by atoms with Crippen molar-refractivity contribution in [1.82, 2.24) is 19.7 Å². The number of fused-ring (bicyclic) bond motifs is 4. The summed E-state index contributed by atoms with van der Waals surface area (Å²) in [6.45, 7) is 0.649. The number of hydrogen-bond donors (Lipinski definition) is 1. The zero-order chi connectivity index (χ0) is 22.5. The van der Waals surface area contributed by atoms with Gasteiger partial charge in [-0.3, -0.25) is 9.48 Å². The molecule has 3 heterocycles. The first-order valence-electron chi connectivity index (χ1n) is 11.8. The highest BCUT2D eigenvalue weighted by molar-refractivity contribution is 5.96. The normalized spacial score (nSPS) is 17.6. The first-order chi connectivity index (χ1) is 16.2. The molecule has 6 heteroatoms. The molecule has 2 aromatic heterocycles. The van der Waals surface area contributed by atoms with Crippen LogP contribution in [-0.2, 0) is 26.3 Å². The lowest BCUT2D eigenvalue weighted by Gasteiger charge is -2.37. The van der Waals surface area contributed by atoms with Crippen LogP contribution in [0.4, 0.5) is 0 Å². The second-order valence-electron chi connectivity index (χ2n) is 9.06. The van der Waals surface area contributed by atoms with Gasteiger partial charge in [-0.15, -0.1) is 0 Å². The number of amides is 1. The molecule has 2 aromatic carbocycles. The Labute approximate surface area is 193 Å². The number of carbonyl (C=O) groups excluding carboxylic acids is 1. The van der Waals surface area contributed by atoms with Crippen LogP contribution in [0, 0.1) is 0 Å². The standard InChI is InChI=1S/C27H28N4O2/c1-30-26(19-10-4-7-13-22(19)29-30)27(32)31-16-15-18-17-9-3-6-12-21(17)28-24(18)25(31)20-11-5-8-14-23(20)33-2/h3,5-6,8-9,11-12,14,25,28H,4,7,10,13,15-16H2,1-2H3/t25-/m1/s1. The molecule has 6 nitrogen and oxygen atoms in total. The average molecular weight is 441 g/mol. The van der Waals surface area contributed by atoms with E-state index < -0.39 is 0 Å². The fourth-order valence-electron chi connectivity index (χ4n) is 5.76. The summed E-state index contributed by atoms with van der Waals surface area (Å²) in [5.74, 6) is 0.840. The number of ether oxygens (including phenoxy) is 1. The van der Waals surface area contributed by atoms with Gasteiger partial charge in [0.15, 0.2) is 0 Å². The van der Waals surface area contributed by atoms with Crippen molar-refractivity contribution in [3.05, 3.63) is 82.3 Å². The van der Waals surface area contributed by atoms with Crippen LogP contribution < -0.4 is 4.74 Å². The molecule has 1 N–H and O–H groups in total. The van der Waals surface area contributed by atoms with Crippen LogP contribution >= 0.6 is 0 Å². The molecular weight excluding hydrogens is 412 g/mol. The van der Waals surface area contributed by atoms with Gasteiger partial charge in [0.05, 0.1) is 12.8 Å². The van der Waals surface area contributed by atoms with Crippen molar-refractivity contribution in [3.8, 4) is 5.75 Å². The lowest BCUT2D eigenvalue weighted by molar-refractivity contribution is 0.0677. The van der Waals surface area contributed by atoms with Crippen LogP contribution in [0.3, 0.4) is 0 Å². The third-order valence-corrected chi connectivity index (χ3v) is 7.25. The zero-order valence-corrected chi connectivity index (χ0v) is 19.1. The molecule has 0 unspecified atom stereocenters. The van der Waals surface area contributed by atoms with Crippen LogP contribution in [-0.4, -0.2) is 39.2 Å². The van der Waals surface area contributed by atoms with Gasteiger partial charge in [-0.05, 0) is 49.8 Å². The predicted molar refractivity (Wildman–Crippen MR) is 128 cm³/mol. The van der Waals surface area contributed by atoms with Crippen LogP contribution in [0.15, 0.2) is 48.5 Å². The molecule has 1 amide bonds. The van der Waals surface area contributed by atoms with Crippen molar-refractivity contribution < 1.29 is 9.53 Å². The van der Waals surface area contributed by atoms with Crippen molar-refractivity contribution in [2.24, 2.45) is 7.05 Å². The van der Waals surface area contributed by atoms with Gasteiger partial charge in [0, 0.05) is 41.3 Å². The molecule has 2 aliphatic rings. The summed E-state index contributed by atoms with van der Waals surface area (Å²) in [4.78, 5) is 19.8. The maximum absolute atomic E-state index is 14.2. The van der Waals surface area contributed by atoms with Gasteiger partial charge in [-0.1, -0.05) is 36.4 Å². The van der Waals surface area contributed by atoms with Crippen LogP contribution in [0.5, 0.6) is 5.75 Å². The Morgan fingerprint density at radius 3 is 2.70 bits per heavy atom. The quantitative estimate of drug-likeness (QED) is 0.507. The predicted octanol–water partition coefficient (Wildman–Crippen LogP) is 4.58. The minimum Gasteiger partial charge on any atom is -0.496 e. The Hall–Kier alpha value is -3.54. The van der Waals surface area contributed by atoms with Gasteiger partial charge >= 0.3 is 0 Å². The molecular formula is C27H28N4O2. The smallest absolute Gasteiger partial charge is 0.273 e. The van der Waals surface area contributed by atoms with E-state index in [1.165, 1.54) is 10.9 Å². The summed E-state index contributed by atoms with van der Waals surface area (Å²) in [6, 6.07) is 16.2. The molecule has 6 rings (SSSR count). The Morgan fingerprint density at radius 2 is 1.82 bits per heavy atom. The summed E-state index contributed by atoms with van der Waals surface area (Å²) in [5.41, 5.74) is 7.43. The third-order valence-electron chi connectivity index (χ3n) is 7.25. The Morgan fingerprint density at radius 1 is 1.03 bits per heavy atom. The first-order valence-corrected chi connectivity index (χ1v) is 11.8. The highest BCUT2D eigenvalue weighted by Gasteiger charge is 2.38. The number of H-pyrrole nitrogens is 1. The maximum atomic E-state index is 14.2. The van der Waals surface area contributed by atoms with Crippen molar-refractivity contribution in [2.45, 2.75) is 38.1 Å². The SMILES string of the molecule is COc1ccccc1[C@@H]1c2[nH]c3ccccc3c2CCN1C(=O)c1c2c(nn1C)CCCC2. The molecule has 33 heavy (non-hydrogen) atoms. The highest BCUT2D eigenvalue weighted by atomic mass is 16.5. The Kier molecular flexibility index (Phi) is 4.75. The third kappa shape index (κ3) is 3.08. The van der Waals surface area contributed by atoms with Gasteiger partial charge < -0.3 is 14.6 Å².